The van der Waals surface area contributed by atoms with Gasteiger partial charge in [0.2, 0.25) is 5.91 Å². The van der Waals surface area contributed by atoms with E-state index in [9.17, 15) is 9.59 Å². The molecule has 0 bridgehead atoms. The summed E-state index contributed by atoms with van der Waals surface area (Å²) in [4.78, 5) is 23.1. The molecule has 5 heteroatoms. The maximum Gasteiger partial charge on any atom is 0.306 e. The normalized spacial score (nSPS) is 31.7. The van der Waals surface area contributed by atoms with E-state index in [1.807, 2.05) is 11.8 Å². The molecule has 2 fully saturated rings. The van der Waals surface area contributed by atoms with Crippen LogP contribution in [0.3, 0.4) is 0 Å². The zero-order valence-electron chi connectivity index (χ0n) is 11.3. The molecule has 0 aromatic heterocycles. The number of thioether (sulfide) groups is 1. The van der Waals surface area contributed by atoms with Gasteiger partial charge < -0.3 is 10.4 Å². The van der Waals surface area contributed by atoms with Crippen molar-refractivity contribution in [1.82, 2.24) is 5.32 Å². The van der Waals surface area contributed by atoms with Crippen LogP contribution in [0.5, 0.6) is 0 Å². The van der Waals surface area contributed by atoms with Crippen LogP contribution in [0.2, 0.25) is 0 Å². The van der Waals surface area contributed by atoms with Crippen LogP contribution in [0.25, 0.3) is 0 Å². The zero-order valence-corrected chi connectivity index (χ0v) is 12.1. The number of carboxylic acids is 1. The Morgan fingerprint density at radius 2 is 1.89 bits per heavy atom. The molecule has 0 aromatic rings. The van der Waals surface area contributed by atoms with E-state index in [2.05, 4.69) is 5.32 Å². The van der Waals surface area contributed by atoms with Gasteiger partial charge in [-0.1, -0.05) is 12.8 Å². The van der Waals surface area contributed by atoms with Crippen molar-refractivity contribution in [2.24, 2.45) is 11.8 Å². The van der Waals surface area contributed by atoms with E-state index >= 15 is 0 Å². The van der Waals surface area contributed by atoms with Crippen LogP contribution in [0.1, 0.15) is 44.9 Å². The van der Waals surface area contributed by atoms with E-state index < -0.39 is 5.97 Å². The lowest BCUT2D eigenvalue weighted by molar-refractivity contribution is -0.144. The Morgan fingerprint density at radius 3 is 2.58 bits per heavy atom. The first-order valence-electron chi connectivity index (χ1n) is 7.29. The summed E-state index contributed by atoms with van der Waals surface area (Å²) in [5, 5.41) is 12.6. The van der Waals surface area contributed by atoms with Crippen LogP contribution in [-0.4, -0.2) is 34.5 Å². The fourth-order valence-electron chi connectivity index (χ4n) is 2.98. The smallest absolute Gasteiger partial charge is 0.306 e. The Hall–Kier alpha value is -0.710. The third kappa shape index (κ3) is 4.41. The van der Waals surface area contributed by atoms with Crippen molar-refractivity contribution in [1.29, 1.82) is 0 Å². The van der Waals surface area contributed by atoms with E-state index in [4.69, 9.17) is 5.11 Å². The molecular formula is C14H23NO3S. The van der Waals surface area contributed by atoms with Gasteiger partial charge in [-0.3, -0.25) is 9.59 Å². The molecule has 0 aromatic carbocycles. The summed E-state index contributed by atoms with van der Waals surface area (Å²) in [5.41, 5.74) is 0. The lowest BCUT2D eigenvalue weighted by atomic mass is 9.81. The number of carbonyl (C=O) groups excluding carboxylic acids is 1. The molecule has 1 amide bonds. The van der Waals surface area contributed by atoms with E-state index in [1.165, 1.54) is 25.0 Å². The molecule has 4 nitrogen and oxygen atoms in total. The molecule has 3 unspecified atom stereocenters. The summed E-state index contributed by atoms with van der Waals surface area (Å²) in [5.74, 6) is 0.0971. The number of hydrogen-bond donors (Lipinski definition) is 2. The Labute approximate surface area is 118 Å². The monoisotopic (exact) mass is 285 g/mol. The summed E-state index contributed by atoms with van der Waals surface area (Å²) >= 11 is 1.95. The Balaban J connectivity index is 1.74. The average Bonchev–Trinajstić information content (AvgIpc) is 2.46. The number of aliphatic carboxylic acids is 1. The SMILES string of the molecule is O=C(O)C1CCCC(C(=O)NCC2CCCCS2)C1. The molecule has 1 aliphatic carbocycles. The topological polar surface area (TPSA) is 66.4 Å². The summed E-state index contributed by atoms with van der Waals surface area (Å²) < 4.78 is 0. The first-order chi connectivity index (χ1) is 9.16. The molecule has 3 atom stereocenters. The van der Waals surface area contributed by atoms with E-state index in [1.54, 1.807) is 0 Å². The molecule has 2 aliphatic rings. The predicted octanol–water partition coefficient (Wildman–Crippen LogP) is 2.28. The first kappa shape index (κ1) is 14.7. The lowest BCUT2D eigenvalue weighted by Crippen LogP contribution is -2.38. The lowest BCUT2D eigenvalue weighted by Gasteiger charge is -2.27. The Morgan fingerprint density at radius 1 is 1.11 bits per heavy atom. The highest BCUT2D eigenvalue weighted by Crippen LogP contribution is 2.29. The van der Waals surface area contributed by atoms with Crippen LogP contribution < -0.4 is 5.32 Å². The van der Waals surface area contributed by atoms with Crippen LogP contribution in [0, 0.1) is 11.8 Å². The van der Waals surface area contributed by atoms with Crippen molar-refractivity contribution in [3.05, 3.63) is 0 Å². The maximum atomic E-state index is 12.1. The fourth-order valence-corrected chi connectivity index (χ4v) is 4.22. The van der Waals surface area contributed by atoms with Crippen LogP contribution >= 0.6 is 11.8 Å². The maximum absolute atomic E-state index is 12.1. The predicted molar refractivity (Wildman–Crippen MR) is 76.2 cm³/mol. The van der Waals surface area contributed by atoms with Crippen molar-refractivity contribution in [2.45, 2.75) is 50.2 Å². The molecule has 1 saturated carbocycles. The summed E-state index contributed by atoms with van der Waals surface area (Å²) in [6.45, 7) is 0.748. The highest BCUT2D eigenvalue weighted by molar-refractivity contribution is 7.99. The van der Waals surface area contributed by atoms with Crippen LogP contribution in [0.4, 0.5) is 0 Å². The zero-order chi connectivity index (χ0) is 13.7. The van der Waals surface area contributed by atoms with Crippen molar-refractivity contribution in [3.8, 4) is 0 Å². The van der Waals surface area contributed by atoms with Gasteiger partial charge in [0.25, 0.3) is 0 Å². The third-order valence-corrected chi connectivity index (χ3v) is 5.57. The van der Waals surface area contributed by atoms with Gasteiger partial charge in [-0.15, -0.1) is 0 Å². The van der Waals surface area contributed by atoms with E-state index in [0.717, 1.165) is 25.8 Å². The number of amides is 1. The van der Waals surface area contributed by atoms with E-state index in [-0.39, 0.29) is 17.7 Å². The van der Waals surface area contributed by atoms with Gasteiger partial charge >= 0.3 is 5.97 Å². The molecule has 108 valence electrons. The summed E-state index contributed by atoms with van der Waals surface area (Å²) in [6.07, 6.45) is 6.67. The largest absolute Gasteiger partial charge is 0.481 e. The van der Waals surface area contributed by atoms with Gasteiger partial charge in [0.15, 0.2) is 0 Å². The molecule has 2 rings (SSSR count). The number of carbonyl (C=O) groups is 2. The van der Waals surface area contributed by atoms with Crippen LogP contribution in [-0.2, 0) is 9.59 Å². The molecular weight excluding hydrogens is 262 g/mol. The first-order valence-corrected chi connectivity index (χ1v) is 8.34. The Bertz CT molecular complexity index is 329. The van der Waals surface area contributed by atoms with Crippen molar-refractivity contribution < 1.29 is 14.7 Å². The van der Waals surface area contributed by atoms with Gasteiger partial charge in [0.05, 0.1) is 5.92 Å². The number of rotatable bonds is 4. The third-order valence-electron chi connectivity index (χ3n) is 4.17. The molecule has 0 spiro atoms. The van der Waals surface area contributed by atoms with Gasteiger partial charge in [-0.05, 0) is 37.9 Å². The fraction of sp³-hybridized carbons (Fsp3) is 0.857. The van der Waals surface area contributed by atoms with Crippen molar-refractivity contribution >= 4 is 23.6 Å². The number of hydrogen-bond acceptors (Lipinski definition) is 3. The van der Waals surface area contributed by atoms with Crippen LogP contribution in [0.15, 0.2) is 0 Å². The second-order valence-electron chi connectivity index (χ2n) is 5.63. The average molecular weight is 285 g/mol. The van der Waals surface area contributed by atoms with Gasteiger partial charge in [0.1, 0.15) is 0 Å². The van der Waals surface area contributed by atoms with Gasteiger partial charge in [0, 0.05) is 17.7 Å². The highest BCUT2D eigenvalue weighted by Gasteiger charge is 2.31. The second-order valence-corrected chi connectivity index (χ2v) is 7.04. The molecule has 0 radical (unpaired) electrons. The summed E-state index contributed by atoms with van der Waals surface area (Å²) in [6, 6.07) is 0. The molecule has 1 saturated heterocycles. The molecule has 19 heavy (non-hydrogen) atoms. The number of carboxylic acid groups (broad SMARTS) is 1. The minimum atomic E-state index is -0.750. The standard InChI is InChI=1S/C14H23NO3S/c16-13(15-9-12-6-1-2-7-19-12)10-4-3-5-11(8-10)14(17)18/h10-12H,1-9H2,(H,15,16)(H,17,18). The molecule has 1 aliphatic heterocycles. The number of nitrogens with one attached hydrogen (secondary N) is 1. The quantitative estimate of drug-likeness (QED) is 0.831. The van der Waals surface area contributed by atoms with Gasteiger partial charge in [-0.25, -0.2) is 0 Å². The Kier molecular flexibility index (Phi) is 5.55. The minimum Gasteiger partial charge on any atom is -0.481 e. The highest BCUT2D eigenvalue weighted by atomic mass is 32.2. The second kappa shape index (κ2) is 7.17. The minimum absolute atomic E-state index is 0.0668. The summed E-state index contributed by atoms with van der Waals surface area (Å²) in [7, 11) is 0. The van der Waals surface area contributed by atoms with Crippen molar-refractivity contribution in [2.75, 3.05) is 12.3 Å². The van der Waals surface area contributed by atoms with Gasteiger partial charge in [-0.2, -0.15) is 11.8 Å². The van der Waals surface area contributed by atoms with Crippen molar-refractivity contribution in [3.63, 3.8) is 0 Å². The molecule has 2 N–H and O–H groups in total. The van der Waals surface area contributed by atoms with E-state index in [0.29, 0.717) is 11.7 Å². The molecule has 1 heterocycles.